The largest absolute Gasteiger partial charge is 0.481 e. The summed E-state index contributed by atoms with van der Waals surface area (Å²) in [6.45, 7) is 0. The maximum Gasteiger partial charge on any atom is 0.304 e. The fraction of sp³-hybridized carbons (Fsp3) is 0.118. The van der Waals surface area contributed by atoms with E-state index < -0.39 is 5.97 Å². The molecule has 0 saturated heterocycles. The molecule has 110 valence electrons. The van der Waals surface area contributed by atoms with Gasteiger partial charge in [0.1, 0.15) is 5.01 Å². The van der Waals surface area contributed by atoms with Crippen LogP contribution in [0.1, 0.15) is 22.9 Å². The predicted molar refractivity (Wildman–Crippen MR) is 85.9 cm³/mol. The van der Waals surface area contributed by atoms with Gasteiger partial charge in [-0.25, -0.2) is 4.98 Å². The van der Waals surface area contributed by atoms with Gasteiger partial charge < -0.3 is 5.11 Å². The molecule has 0 bridgehead atoms. The number of hydrogen-bond acceptors (Lipinski definition) is 4. The van der Waals surface area contributed by atoms with Gasteiger partial charge in [-0.1, -0.05) is 24.3 Å². The Morgan fingerprint density at radius 2 is 1.95 bits per heavy atom. The summed E-state index contributed by atoms with van der Waals surface area (Å²) in [5, 5.41) is 11.9. The fourth-order valence-corrected chi connectivity index (χ4v) is 3.17. The molecule has 0 aliphatic carbocycles. The molecule has 3 aromatic rings. The lowest BCUT2D eigenvalue weighted by Crippen LogP contribution is -2.07. The number of thiazole rings is 1. The van der Waals surface area contributed by atoms with Crippen molar-refractivity contribution in [2.75, 3.05) is 0 Å². The Hall–Kier alpha value is -2.53. The monoisotopic (exact) mass is 310 g/mol. The van der Waals surface area contributed by atoms with Crippen molar-refractivity contribution >= 4 is 17.3 Å². The van der Waals surface area contributed by atoms with E-state index in [1.54, 1.807) is 18.6 Å². The number of benzene rings is 1. The van der Waals surface area contributed by atoms with Gasteiger partial charge in [0, 0.05) is 29.9 Å². The summed E-state index contributed by atoms with van der Waals surface area (Å²) in [6.07, 6.45) is 5.24. The van der Waals surface area contributed by atoms with Crippen LogP contribution in [0.15, 0.2) is 60.4 Å². The van der Waals surface area contributed by atoms with E-state index in [0.29, 0.717) is 0 Å². The highest BCUT2D eigenvalue weighted by Crippen LogP contribution is 2.32. The summed E-state index contributed by atoms with van der Waals surface area (Å²) in [5.74, 6) is -1.05. The zero-order valence-electron chi connectivity index (χ0n) is 11.7. The average molecular weight is 310 g/mol. The van der Waals surface area contributed by atoms with Crippen molar-refractivity contribution in [3.05, 3.63) is 70.9 Å². The fourth-order valence-electron chi connectivity index (χ4n) is 2.41. The van der Waals surface area contributed by atoms with Crippen molar-refractivity contribution in [2.45, 2.75) is 12.3 Å². The lowest BCUT2D eigenvalue weighted by Gasteiger charge is -2.14. The molecule has 0 radical (unpaired) electrons. The van der Waals surface area contributed by atoms with Crippen LogP contribution in [-0.4, -0.2) is 21.0 Å². The van der Waals surface area contributed by atoms with Crippen LogP contribution in [0.2, 0.25) is 0 Å². The first-order valence-corrected chi connectivity index (χ1v) is 7.73. The quantitative estimate of drug-likeness (QED) is 0.778. The highest BCUT2D eigenvalue weighted by atomic mass is 32.1. The Bertz CT molecular complexity index is 757. The number of aliphatic carboxylic acids is 1. The first-order chi connectivity index (χ1) is 10.7. The molecule has 1 unspecified atom stereocenters. The van der Waals surface area contributed by atoms with Crippen LogP contribution in [0.5, 0.6) is 0 Å². The average Bonchev–Trinajstić information content (AvgIpc) is 3.08. The highest BCUT2D eigenvalue weighted by molar-refractivity contribution is 7.09. The number of carboxylic acid groups (broad SMARTS) is 1. The topological polar surface area (TPSA) is 63.1 Å². The third-order valence-corrected chi connectivity index (χ3v) is 4.32. The normalized spacial score (nSPS) is 12.0. The van der Waals surface area contributed by atoms with Crippen LogP contribution >= 0.6 is 11.3 Å². The first-order valence-electron chi connectivity index (χ1n) is 6.85. The molecule has 1 atom stereocenters. The summed E-state index contributed by atoms with van der Waals surface area (Å²) in [7, 11) is 0. The molecule has 0 aliphatic rings. The van der Waals surface area contributed by atoms with Crippen LogP contribution in [0.4, 0.5) is 0 Å². The maximum atomic E-state index is 11.2. The first kappa shape index (κ1) is 14.4. The molecule has 0 saturated carbocycles. The van der Waals surface area contributed by atoms with Crippen LogP contribution in [0, 0.1) is 0 Å². The van der Waals surface area contributed by atoms with E-state index >= 15 is 0 Å². The minimum absolute atomic E-state index is 0.0350. The molecule has 3 rings (SSSR count). The number of aromatic nitrogens is 2. The van der Waals surface area contributed by atoms with Crippen LogP contribution in [0.3, 0.4) is 0 Å². The Morgan fingerprint density at radius 1 is 1.14 bits per heavy atom. The molecular weight excluding hydrogens is 296 g/mol. The van der Waals surface area contributed by atoms with Crippen molar-refractivity contribution < 1.29 is 9.90 Å². The minimum Gasteiger partial charge on any atom is -0.481 e. The summed E-state index contributed by atoms with van der Waals surface area (Å²) in [5.41, 5.74) is 3.07. The molecule has 1 N–H and O–H groups in total. The maximum absolute atomic E-state index is 11.2. The van der Waals surface area contributed by atoms with Crippen molar-refractivity contribution in [1.82, 2.24) is 9.97 Å². The lowest BCUT2D eigenvalue weighted by atomic mass is 9.93. The van der Waals surface area contributed by atoms with E-state index in [0.717, 1.165) is 21.7 Å². The second kappa shape index (κ2) is 6.49. The van der Waals surface area contributed by atoms with Gasteiger partial charge in [0.2, 0.25) is 0 Å². The van der Waals surface area contributed by atoms with Gasteiger partial charge in [0.25, 0.3) is 0 Å². The third-order valence-electron chi connectivity index (χ3n) is 3.43. The molecule has 5 heteroatoms. The van der Waals surface area contributed by atoms with Gasteiger partial charge in [0.15, 0.2) is 0 Å². The second-order valence-corrected chi connectivity index (χ2v) is 5.81. The third kappa shape index (κ3) is 3.20. The molecule has 0 fully saturated rings. The standard InChI is InChI=1S/C17H14N2O2S/c20-16(21)11-15(17-19-8-9-22-17)14-3-1-2-13(10-14)12-4-6-18-7-5-12/h1-10,15H,11H2,(H,20,21). The molecule has 0 spiro atoms. The summed E-state index contributed by atoms with van der Waals surface area (Å²) in [4.78, 5) is 19.5. The van der Waals surface area contributed by atoms with E-state index in [2.05, 4.69) is 9.97 Å². The smallest absolute Gasteiger partial charge is 0.304 e. The Kier molecular flexibility index (Phi) is 4.25. The molecule has 0 aliphatic heterocycles. The zero-order valence-corrected chi connectivity index (χ0v) is 12.5. The SMILES string of the molecule is O=C(O)CC(c1cccc(-c2ccncc2)c1)c1nccs1. The molecule has 2 aromatic heterocycles. The van der Waals surface area contributed by atoms with E-state index in [1.807, 2.05) is 41.8 Å². The molecule has 1 aromatic carbocycles. The van der Waals surface area contributed by atoms with Gasteiger partial charge in [-0.3, -0.25) is 9.78 Å². The molecule has 0 amide bonds. The van der Waals surface area contributed by atoms with E-state index in [1.165, 1.54) is 11.3 Å². The summed E-state index contributed by atoms with van der Waals surface area (Å²) < 4.78 is 0. The number of rotatable bonds is 5. The summed E-state index contributed by atoms with van der Waals surface area (Å²) >= 11 is 1.49. The lowest BCUT2D eigenvalue weighted by molar-refractivity contribution is -0.137. The number of hydrogen-bond donors (Lipinski definition) is 1. The zero-order chi connectivity index (χ0) is 15.4. The number of carboxylic acids is 1. The van der Waals surface area contributed by atoms with E-state index in [9.17, 15) is 9.90 Å². The van der Waals surface area contributed by atoms with Crippen molar-refractivity contribution in [3.63, 3.8) is 0 Å². The Morgan fingerprint density at radius 3 is 2.64 bits per heavy atom. The van der Waals surface area contributed by atoms with Crippen LogP contribution in [0.25, 0.3) is 11.1 Å². The molecule has 2 heterocycles. The molecule has 22 heavy (non-hydrogen) atoms. The minimum atomic E-state index is -0.825. The van der Waals surface area contributed by atoms with Crippen molar-refractivity contribution in [2.24, 2.45) is 0 Å². The molecular formula is C17H14N2O2S. The Labute approximate surface area is 132 Å². The van der Waals surface area contributed by atoms with E-state index in [-0.39, 0.29) is 12.3 Å². The van der Waals surface area contributed by atoms with Crippen molar-refractivity contribution in [3.8, 4) is 11.1 Å². The van der Waals surface area contributed by atoms with Crippen LogP contribution in [-0.2, 0) is 4.79 Å². The second-order valence-electron chi connectivity index (χ2n) is 4.88. The van der Waals surface area contributed by atoms with Crippen LogP contribution < -0.4 is 0 Å². The van der Waals surface area contributed by atoms with Gasteiger partial charge in [-0.15, -0.1) is 11.3 Å². The predicted octanol–water partition coefficient (Wildman–Crippen LogP) is 3.81. The van der Waals surface area contributed by atoms with Gasteiger partial charge >= 0.3 is 5.97 Å². The van der Waals surface area contributed by atoms with Crippen molar-refractivity contribution in [1.29, 1.82) is 0 Å². The molecule has 4 nitrogen and oxygen atoms in total. The van der Waals surface area contributed by atoms with Gasteiger partial charge in [-0.05, 0) is 28.8 Å². The number of carbonyl (C=O) groups is 1. The van der Waals surface area contributed by atoms with Gasteiger partial charge in [-0.2, -0.15) is 0 Å². The summed E-state index contributed by atoms with van der Waals surface area (Å²) in [6, 6.07) is 11.8. The highest BCUT2D eigenvalue weighted by Gasteiger charge is 2.20. The Balaban J connectivity index is 2.00. The number of pyridine rings is 1. The number of nitrogens with zero attached hydrogens (tertiary/aromatic N) is 2. The van der Waals surface area contributed by atoms with Gasteiger partial charge in [0.05, 0.1) is 6.42 Å². The van der Waals surface area contributed by atoms with E-state index in [4.69, 9.17) is 0 Å².